The number of halogens is 3. The van der Waals surface area contributed by atoms with E-state index in [4.69, 9.17) is 0 Å². The van der Waals surface area contributed by atoms with Crippen LogP contribution in [0, 0.1) is 0 Å². The molecule has 3 atom stereocenters. The summed E-state index contributed by atoms with van der Waals surface area (Å²) in [7, 11) is 0. The fourth-order valence-electron chi connectivity index (χ4n) is 2.33. The molecule has 0 saturated heterocycles. The van der Waals surface area contributed by atoms with E-state index < -0.39 is 18.3 Å². The van der Waals surface area contributed by atoms with Crippen LogP contribution in [0.3, 0.4) is 0 Å². The van der Waals surface area contributed by atoms with E-state index in [9.17, 15) is 18.3 Å². The lowest BCUT2D eigenvalue weighted by molar-refractivity contribution is -0.213. The summed E-state index contributed by atoms with van der Waals surface area (Å²) < 4.78 is 38.8. The van der Waals surface area contributed by atoms with Crippen LogP contribution in [0.15, 0.2) is 60.7 Å². The van der Waals surface area contributed by atoms with Crippen molar-refractivity contribution in [3.8, 4) is 0 Å². The van der Waals surface area contributed by atoms with Crippen molar-refractivity contribution in [1.29, 1.82) is 0 Å². The summed E-state index contributed by atoms with van der Waals surface area (Å²) in [4.78, 5) is 0. The van der Waals surface area contributed by atoms with Crippen molar-refractivity contribution >= 4 is 0 Å². The van der Waals surface area contributed by atoms with E-state index in [1.165, 1.54) is 0 Å². The van der Waals surface area contributed by atoms with Crippen molar-refractivity contribution in [3.05, 3.63) is 71.8 Å². The summed E-state index contributed by atoms with van der Waals surface area (Å²) in [6.07, 6.45) is -7.16. The van der Waals surface area contributed by atoms with Gasteiger partial charge in [-0.1, -0.05) is 60.7 Å². The van der Waals surface area contributed by atoms with E-state index in [1.807, 2.05) is 30.3 Å². The van der Waals surface area contributed by atoms with Crippen molar-refractivity contribution in [2.75, 3.05) is 0 Å². The van der Waals surface area contributed by atoms with Gasteiger partial charge in [0.05, 0.1) is 6.04 Å². The normalized spacial score (nSPS) is 16.0. The number of nitrogens with one attached hydrogen (secondary N) is 1. The van der Waals surface area contributed by atoms with Gasteiger partial charge in [-0.25, -0.2) is 0 Å². The number of rotatable bonds is 5. The zero-order chi connectivity index (χ0) is 16.2. The summed E-state index contributed by atoms with van der Waals surface area (Å²) in [6.45, 7) is 1.77. The second kappa shape index (κ2) is 6.94. The van der Waals surface area contributed by atoms with Crippen LogP contribution in [0.5, 0.6) is 0 Å². The smallest absolute Gasteiger partial charge is 0.382 e. The van der Waals surface area contributed by atoms with Crippen LogP contribution < -0.4 is 5.32 Å². The second-order valence-electron chi connectivity index (χ2n) is 5.17. The number of aliphatic hydroxyl groups excluding tert-OH is 1. The molecule has 2 aromatic carbocycles. The highest BCUT2D eigenvalue weighted by atomic mass is 19.4. The Labute approximate surface area is 127 Å². The average Bonchev–Trinajstić information content (AvgIpc) is 2.52. The number of alkyl halides is 3. The Kier molecular flexibility index (Phi) is 5.21. The quantitative estimate of drug-likeness (QED) is 0.875. The van der Waals surface area contributed by atoms with Gasteiger partial charge in [0.2, 0.25) is 0 Å². The van der Waals surface area contributed by atoms with Gasteiger partial charge in [-0.2, -0.15) is 13.2 Å². The first-order valence-corrected chi connectivity index (χ1v) is 7.00. The van der Waals surface area contributed by atoms with E-state index in [2.05, 4.69) is 5.32 Å². The maximum Gasteiger partial charge on any atom is 0.416 e. The molecule has 118 valence electrons. The molecule has 0 heterocycles. The maximum atomic E-state index is 12.9. The van der Waals surface area contributed by atoms with Crippen molar-refractivity contribution in [3.63, 3.8) is 0 Å². The molecule has 22 heavy (non-hydrogen) atoms. The van der Waals surface area contributed by atoms with Crippen LogP contribution in [0.25, 0.3) is 0 Å². The third kappa shape index (κ3) is 4.08. The van der Waals surface area contributed by atoms with Gasteiger partial charge < -0.3 is 10.4 Å². The van der Waals surface area contributed by atoms with Crippen LogP contribution >= 0.6 is 0 Å². The Morgan fingerprint density at radius 3 is 1.77 bits per heavy atom. The van der Waals surface area contributed by atoms with Crippen molar-refractivity contribution in [2.45, 2.75) is 31.3 Å². The molecule has 5 heteroatoms. The number of aliphatic hydroxyl groups is 1. The van der Waals surface area contributed by atoms with Crippen LogP contribution in [-0.2, 0) is 0 Å². The van der Waals surface area contributed by atoms with Crippen molar-refractivity contribution < 1.29 is 18.3 Å². The predicted molar refractivity (Wildman–Crippen MR) is 79.2 cm³/mol. The molecule has 0 radical (unpaired) electrons. The molecule has 2 N–H and O–H groups in total. The van der Waals surface area contributed by atoms with E-state index in [1.54, 1.807) is 37.3 Å². The molecule has 0 aliphatic carbocycles. The maximum absolute atomic E-state index is 12.9. The highest BCUT2D eigenvalue weighted by Gasteiger charge is 2.44. The fourth-order valence-corrected chi connectivity index (χ4v) is 2.33. The molecule has 2 rings (SSSR count). The molecule has 0 aliphatic rings. The van der Waals surface area contributed by atoms with E-state index in [-0.39, 0.29) is 6.04 Å². The van der Waals surface area contributed by atoms with E-state index in [0.717, 1.165) is 5.56 Å². The largest absolute Gasteiger partial charge is 0.416 e. The molecule has 2 aromatic rings. The van der Waals surface area contributed by atoms with Gasteiger partial charge >= 0.3 is 6.18 Å². The zero-order valence-electron chi connectivity index (χ0n) is 12.1. The molecule has 0 spiro atoms. The van der Waals surface area contributed by atoms with Gasteiger partial charge in [-0.05, 0) is 18.1 Å². The Balaban J connectivity index is 2.25. The number of hydrogen-bond donors (Lipinski definition) is 2. The molecule has 0 bridgehead atoms. The topological polar surface area (TPSA) is 32.3 Å². The minimum absolute atomic E-state index is 0.330. The van der Waals surface area contributed by atoms with Crippen LogP contribution in [-0.4, -0.2) is 17.4 Å². The first kappa shape index (κ1) is 16.5. The molecule has 0 fully saturated rings. The van der Waals surface area contributed by atoms with Gasteiger partial charge in [0, 0.05) is 6.04 Å². The van der Waals surface area contributed by atoms with Crippen LogP contribution in [0.2, 0.25) is 0 Å². The lowest BCUT2D eigenvalue weighted by Gasteiger charge is -2.29. The average molecular weight is 309 g/mol. The molecule has 0 aliphatic heterocycles. The molecule has 0 saturated carbocycles. The monoisotopic (exact) mass is 309 g/mol. The number of benzene rings is 2. The zero-order valence-corrected chi connectivity index (χ0v) is 12.1. The summed E-state index contributed by atoms with van der Waals surface area (Å²) in [5.41, 5.74) is 1.26. The third-order valence-corrected chi connectivity index (χ3v) is 3.54. The minimum Gasteiger partial charge on any atom is -0.382 e. The van der Waals surface area contributed by atoms with Gasteiger partial charge in [0.1, 0.15) is 0 Å². The summed E-state index contributed by atoms with van der Waals surface area (Å²) in [6, 6.07) is 15.8. The Hall–Kier alpha value is -1.85. The Morgan fingerprint density at radius 2 is 1.32 bits per heavy atom. The van der Waals surface area contributed by atoms with E-state index >= 15 is 0 Å². The molecule has 0 amide bonds. The van der Waals surface area contributed by atoms with Gasteiger partial charge in [0.25, 0.3) is 0 Å². The van der Waals surface area contributed by atoms with Crippen molar-refractivity contribution in [1.82, 2.24) is 5.32 Å². The first-order valence-electron chi connectivity index (χ1n) is 7.00. The van der Waals surface area contributed by atoms with Crippen LogP contribution in [0.1, 0.15) is 30.1 Å². The molecule has 0 unspecified atom stereocenters. The second-order valence-corrected chi connectivity index (χ2v) is 5.17. The first-order chi connectivity index (χ1) is 10.4. The summed E-state index contributed by atoms with van der Waals surface area (Å²) in [5.74, 6) is 0. The van der Waals surface area contributed by atoms with Gasteiger partial charge in [-0.15, -0.1) is 0 Å². The predicted octanol–water partition coefficient (Wildman–Crippen LogP) is 4.00. The van der Waals surface area contributed by atoms with Crippen LogP contribution in [0.4, 0.5) is 13.2 Å². The van der Waals surface area contributed by atoms with Crippen molar-refractivity contribution in [2.24, 2.45) is 0 Å². The Morgan fingerprint density at radius 1 is 0.864 bits per heavy atom. The molecule has 0 aromatic heterocycles. The van der Waals surface area contributed by atoms with Gasteiger partial charge in [0.15, 0.2) is 6.10 Å². The SMILES string of the molecule is C[C@@H](N[C@H](c1ccccc1)[C@H](O)C(F)(F)F)c1ccccc1. The minimum atomic E-state index is -4.69. The fraction of sp³-hybridized carbons (Fsp3) is 0.294. The van der Waals surface area contributed by atoms with Gasteiger partial charge in [-0.3, -0.25) is 0 Å². The van der Waals surface area contributed by atoms with E-state index in [0.29, 0.717) is 5.56 Å². The molecule has 2 nitrogen and oxygen atoms in total. The molecular formula is C17H18F3NO. The highest BCUT2D eigenvalue weighted by molar-refractivity contribution is 5.23. The lowest BCUT2D eigenvalue weighted by Crippen LogP contribution is -2.42. The molecular weight excluding hydrogens is 291 g/mol. The lowest BCUT2D eigenvalue weighted by atomic mass is 9.98. The summed E-state index contributed by atoms with van der Waals surface area (Å²) >= 11 is 0. The standard InChI is InChI=1S/C17H18F3NO/c1-12(13-8-4-2-5-9-13)21-15(16(22)17(18,19)20)14-10-6-3-7-11-14/h2-12,15-16,21-22H,1H3/t12-,15-,16+/m1/s1. The third-order valence-electron chi connectivity index (χ3n) is 3.54. The Bertz CT molecular complexity index is 571. The highest BCUT2D eigenvalue weighted by Crippen LogP contribution is 2.32. The number of hydrogen-bond acceptors (Lipinski definition) is 2. The summed E-state index contributed by atoms with van der Waals surface area (Å²) in [5, 5.41) is 12.6.